The fourth-order valence-corrected chi connectivity index (χ4v) is 7.92. The predicted molar refractivity (Wildman–Crippen MR) is 105 cm³/mol. The van der Waals surface area contributed by atoms with E-state index in [1.54, 1.807) is 0 Å². The van der Waals surface area contributed by atoms with Crippen LogP contribution in [-0.4, -0.2) is 41.7 Å². The van der Waals surface area contributed by atoms with Crippen LogP contribution in [0.15, 0.2) is 53.4 Å². The maximum absolute atomic E-state index is 13.0. The molecule has 0 radical (unpaired) electrons. The van der Waals surface area contributed by atoms with Crippen molar-refractivity contribution in [2.75, 3.05) is 12.0 Å². The molecule has 1 heterocycles. The number of rotatable bonds is 5. The summed E-state index contributed by atoms with van der Waals surface area (Å²) in [6.45, 7) is 0. The van der Waals surface area contributed by atoms with Gasteiger partial charge >= 0.3 is 15.6 Å². The molecule has 0 aromatic heterocycles. The number of nitro benzene ring substituents is 1. The topological polar surface area (TPSA) is 124 Å². The molecule has 1 N–H and O–H groups in total. The van der Waals surface area contributed by atoms with Crippen molar-refractivity contribution >= 4 is 31.9 Å². The van der Waals surface area contributed by atoms with Gasteiger partial charge < -0.3 is 5.11 Å². The third-order valence-electron chi connectivity index (χ3n) is 4.80. The van der Waals surface area contributed by atoms with E-state index < -0.39 is 54.4 Å². The monoisotopic (exact) mass is 479 g/mol. The van der Waals surface area contributed by atoms with E-state index >= 15 is 0 Å². The molecule has 0 aliphatic carbocycles. The average Bonchev–Trinajstić information content (AvgIpc) is 2.69. The van der Waals surface area contributed by atoms with Crippen molar-refractivity contribution in [2.45, 2.75) is 16.5 Å². The van der Waals surface area contributed by atoms with E-state index in [1.807, 2.05) is 0 Å². The number of alkyl halides is 3. The third kappa shape index (κ3) is 4.31. The van der Waals surface area contributed by atoms with Crippen LogP contribution in [0.2, 0.25) is 0 Å². The van der Waals surface area contributed by atoms with E-state index in [0.717, 1.165) is 12.1 Å². The van der Waals surface area contributed by atoms with E-state index in [9.17, 15) is 41.6 Å². The molecule has 0 saturated heterocycles. The maximum atomic E-state index is 13.0. The standard InChI is InChI=1S/C18H16F3NO7S2/c1-30(29-31(27,28)18(19,20)21)10-14(17(24)13-4-2-3-5-15(13)30)16(23)11-6-8-12(9-7-11)22(25)26/h2-9,14,16,23H,10H2,1H3. The summed E-state index contributed by atoms with van der Waals surface area (Å²) in [6.07, 6.45) is -0.373. The number of nitro groups is 1. The van der Waals surface area contributed by atoms with Crippen molar-refractivity contribution in [1.29, 1.82) is 0 Å². The number of hydrogen-bond acceptors (Lipinski definition) is 7. The molecule has 0 amide bonds. The molecule has 3 rings (SSSR count). The maximum Gasteiger partial charge on any atom is 0.523 e. The van der Waals surface area contributed by atoms with E-state index in [0.29, 0.717) is 0 Å². The number of aliphatic hydroxyl groups excluding tert-OH is 1. The Kier molecular flexibility index (Phi) is 5.90. The number of benzene rings is 2. The Balaban J connectivity index is 2.04. The van der Waals surface area contributed by atoms with Crippen LogP contribution in [0.5, 0.6) is 0 Å². The Bertz CT molecular complexity index is 1140. The SMILES string of the molecule is CS1(OS(=O)(=O)C(F)(F)F)CC(C(O)c2ccc([N+](=O)[O-])cc2)C(=O)c2ccccc21. The summed E-state index contributed by atoms with van der Waals surface area (Å²) >= 11 is 0. The van der Waals surface area contributed by atoms with E-state index in [2.05, 4.69) is 3.63 Å². The zero-order valence-corrected chi connectivity index (χ0v) is 17.4. The molecule has 0 fully saturated rings. The largest absolute Gasteiger partial charge is 0.523 e. The lowest BCUT2D eigenvalue weighted by Gasteiger charge is -2.43. The van der Waals surface area contributed by atoms with Gasteiger partial charge in [-0.3, -0.25) is 14.9 Å². The van der Waals surface area contributed by atoms with Crippen LogP contribution in [0, 0.1) is 16.0 Å². The molecule has 168 valence electrons. The second-order valence-corrected chi connectivity index (χ2v) is 11.6. The molecule has 0 saturated carbocycles. The molecule has 13 heteroatoms. The Hall–Kier alpha value is -2.48. The Morgan fingerprint density at radius 2 is 1.77 bits per heavy atom. The highest BCUT2D eigenvalue weighted by atomic mass is 32.3. The van der Waals surface area contributed by atoms with Gasteiger partial charge in [0.2, 0.25) is 0 Å². The van der Waals surface area contributed by atoms with Crippen LogP contribution in [0.3, 0.4) is 0 Å². The highest BCUT2D eigenvalue weighted by Gasteiger charge is 2.53. The van der Waals surface area contributed by atoms with Gasteiger partial charge in [0.15, 0.2) is 5.78 Å². The second-order valence-electron chi connectivity index (χ2n) is 6.90. The number of halogens is 3. The molecule has 31 heavy (non-hydrogen) atoms. The summed E-state index contributed by atoms with van der Waals surface area (Å²) in [7, 11) is -9.17. The first kappa shape index (κ1) is 23.2. The zero-order valence-electron chi connectivity index (χ0n) is 15.8. The number of ketones is 1. The van der Waals surface area contributed by atoms with Crippen LogP contribution < -0.4 is 0 Å². The van der Waals surface area contributed by atoms with Crippen molar-refractivity contribution < 1.29 is 40.0 Å². The lowest BCUT2D eigenvalue weighted by atomic mass is 9.89. The third-order valence-corrected chi connectivity index (χ3v) is 9.57. The van der Waals surface area contributed by atoms with Crippen LogP contribution in [-0.2, 0) is 13.7 Å². The van der Waals surface area contributed by atoms with Crippen LogP contribution in [0.1, 0.15) is 22.0 Å². The number of fused-ring (bicyclic) bond motifs is 1. The molecule has 1 aliphatic rings. The van der Waals surface area contributed by atoms with Crippen LogP contribution in [0.25, 0.3) is 0 Å². The van der Waals surface area contributed by atoms with Gasteiger partial charge in [-0.05, 0) is 30.0 Å². The minimum atomic E-state index is -5.98. The number of carbonyl (C=O) groups is 1. The number of nitrogens with zero attached hydrogens (tertiary/aromatic N) is 1. The molecular weight excluding hydrogens is 463 g/mol. The van der Waals surface area contributed by atoms with Gasteiger partial charge in [-0.2, -0.15) is 21.6 Å². The van der Waals surface area contributed by atoms with Gasteiger partial charge in [-0.1, -0.05) is 28.5 Å². The summed E-state index contributed by atoms with van der Waals surface area (Å²) in [5.74, 6) is -2.41. The minimum Gasteiger partial charge on any atom is -0.388 e. The lowest BCUT2D eigenvalue weighted by Crippen LogP contribution is -2.36. The molecule has 3 unspecified atom stereocenters. The fourth-order valence-electron chi connectivity index (χ4n) is 3.32. The van der Waals surface area contributed by atoms with E-state index in [4.69, 9.17) is 0 Å². The van der Waals surface area contributed by atoms with Crippen molar-refractivity contribution in [2.24, 2.45) is 5.92 Å². The summed E-state index contributed by atoms with van der Waals surface area (Å²) in [6, 6.07) is 10.2. The molecular formula is C18H16F3NO7S2. The number of aliphatic hydroxyl groups is 1. The quantitative estimate of drug-likeness (QED) is 0.394. The molecule has 0 bridgehead atoms. The highest BCUT2D eigenvalue weighted by Crippen LogP contribution is 2.62. The number of hydrogen-bond donors (Lipinski definition) is 1. The van der Waals surface area contributed by atoms with Gasteiger partial charge in [-0.15, -0.1) is 0 Å². The smallest absolute Gasteiger partial charge is 0.388 e. The van der Waals surface area contributed by atoms with E-state index in [-0.39, 0.29) is 21.7 Å². The van der Waals surface area contributed by atoms with Crippen molar-refractivity contribution in [3.63, 3.8) is 0 Å². The van der Waals surface area contributed by atoms with E-state index in [1.165, 1.54) is 42.7 Å². The molecule has 3 atom stereocenters. The Morgan fingerprint density at radius 3 is 2.32 bits per heavy atom. The molecule has 0 spiro atoms. The predicted octanol–water partition coefficient (Wildman–Crippen LogP) is 3.72. The molecule has 1 aliphatic heterocycles. The fraction of sp³-hybridized carbons (Fsp3) is 0.278. The first-order valence-electron chi connectivity index (χ1n) is 8.61. The summed E-state index contributed by atoms with van der Waals surface area (Å²) in [5.41, 5.74) is -5.85. The van der Waals surface area contributed by atoms with Crippen molar-refractivity contribution in [3.05, 3.63) is 69.8 Å². The molecule has 2 aromatic carbocycles. The lowest BCUT2D eigenvalue weighted by molar-refractivity contribution is -0.384. The number of carbonyl (C=O) groups excluding carboxylic acids is 1. The van der Waals surface area contributed by atoms with Crippen molar-refractivity contribution in [1.82, 2.24) is 0 Å². The Labute approximate surface area is 176 Å². The normalized spacial score (nSPS) is 24.7. The summed E-state index contributed by atoms with van der Waals surface area (Å²) < 4.78 is 67.0. The van der Waals surface area contributed by atoms with Gasteiger partial charge in [0.1, 0.15) is 0 Å². The van der Waals surface area contributed by atoms with Crippen LogP contribution >= 0.6 is 10.3 Å². The van der Waals surface area contributed by atoms with Gasteiger partial charge in [0, 0.05) is 28.3 Å². The zero-order chi connectivity index (χ0) is 23.2. The average molecular weight is 479 g/mol. The van der Waals surface area contributed by atoms with Crippen molar-refractivity contribution in [3.8, 4) is 0 Å². The van der Waals surface area contributed by atoms with Gasteiger partial charge in [0.05, 0.1) is 16.9 Å². The highest BCUT2D eigenvalue weighted by molar-refractivity contribution is 8.32. The molecule has 2 aromatic rings. The van der Waals surface area contributed by atoms with Gasteiger partial charge in [0.25, 0.3) is 5.69 Å². The summed E-state index contributed by atoms with van der Waals surface area (Å²) in [4.78, 5) is 23.1. The number of Topliss-reactive ketones (excluding diaryl/α,β-unsaturated/α-hetero) is 1. The van der Waals surface area contributed by atoms with Gasteiger partial charge in [-0.25, -0.2) is 3.63 Å². The Morgan fingerprint density at radius 1 is 1.19 bits per heavy atom. The molecule has 8 nitrogen and oxygen atoms in total. The van der Waals surface area contributed by atoms with Crippen LogP contribution in [0.4, 0.5) is 18.9 Å². The minimum absolute atomic E-state index is 0.0278. The first-order chi connectivity index (χ1) is 14.3. The summed E-state index contributed by atoms with van der Waals surface area (Å²) in [5, 5.41) is 21.6. The first-order valence-corrected chi connectivity index (χ1v) is 12.2. The number of non-ortho nitro benzene ring substituents is 1. The second kappa shape index (κ2) is 7.89.